The number of urea groups is 1. The second-order valence-corrected chi connectivity index (χ2v) is 6.21. The normalized spacial score (nSPS) is 14.9. The number of halogens is 1. The number of hydrogen-bond donors (Lipinski definition) is 3. The molecule has 1 saturated carbocycles. The van der Waals surface area contributed by atoms with Gasteiger partial charge in [-0.3, -0.25) is 4.79 Å². The lowest BCUT2D eigenvalue weighted by atomic mass is 9.96. The van der Waals surface area contributed by atoms with Crippen LogP contribution in [0.5, 0.6) is 0 Å². The Labute approximate surface area is 142 Å². The molecule has 0 aromatic heterocycles. The van der Waals surface area contributed by atoms with E-state index < -0.39 is 0 Å². The zero-order chi connectivity index (χ0) is 17.2. The molecule has 6 heteroatoms. The summed E-state index contributed by atoms with van der Waals surface area (Å²) in [5, 5.41) is 8.47. The maximum absolute atomic E-state index is 12.8. The molecule has 0 aliphatic heterocycles. The standard InChI is InChI=1S/C18H26FN3O2/c19-15-8-6-14(7-9-15)10-12-20-17(23)11-13-21-18(24)22-16-4-2-1-3-5-16/h6-9,16H,1-5,10-13H2,(H,20,23)(H2,21,22,24). The van der Waals surface area contributed by atoms with E-state index in [4.69, 9.17) is 0 Å². The van der Waals surface area contributed by atoms with Crippen molar-refractivity contribution in [3.8, 4) is 0 Å². The third kappa shape index (κ3) is 6.98. The van der Waals surface area contributed by atoms with Crippen molar-refractivity contribution >= 4 is 11.9 Å². The van der Waals surface area contributed by atoms with Crippen molar-refractivity contribution in [2.75, 3.05) is 13.1 Å². The minimum absolute atomic E-state index is 0.102. The smallest absolute Gasteiger partial charge is 0.315 e. The molecular formula is C18H26FN3O2. The highest BCUT2D eigenvalue weighted by molar-refractivity contribution is 5.78. The van der Waals surface area contributed by atoms with Crippen LogP contribution in [0, 0.1) is 5.82 Å². The van der Waals surface area contributed by atoms with Crippen molar-refractivity contribution in [1.82, 2.24) is 16.0 Å². The van der Waals surface area contributed by atoms with Gasteiger partial charge >= 0.3 is 6.03 Å². The summed E-state index contributed by atoms with van der Waals surface area (Å²) in [6.45, 7) is 0.819. The molecule has 1 aromatic rings. The summed E-state index contributed by atoms with van der Waals surface area (Å²) in [7, 11) is 0. The number of rotatable bonds is 7. The number of benzene rings is 1. The lowest BCUT2D eigenvalue weighted by Gasteiger charge is -2.22. The first-order valence-corrected chi connectivity index (χ1v) is 8.69. The van der Waals surface area contributed by atoms with Crippen LogP contribution in [-0.4, -0.2) is 31.1 Å². The molecule has 24 heavy (non-hydrogen) atoms. The Balaban J connectivity index is 1.52. The Morgan fingerprint density at radius 3 is 2.42 bits per heavy atom. The summed E-state index contributed by atoms with van der Waals surface area (Å²) in [6.07, 6.45) is 6.57. The van der Waals surface area contributed by atoms with Crippen LogP contribution in [0.1, 0.15) is 44.1 Å². The number of amides is 3. The van der Waals surface area contributed by atoms with Crippen LogP contribution in [0.4, 0.5) is 9.18 Å². The summed E-state index contributed by atoms with van der Waals surface area (Å²) in [5.74, 6) is -0.365. The highest BCUT2D eigenvalue weighted by atomic mass is 19.1. The van der Waals surface area contributed by atoms with Crippen molar-refractivity contribution in [2.24, 2.45) is 0 Å². The van der Waals surface area contributed by atoms with E-state index in [1.54, 1.807) is 12.1 Å². The van der Waals surface area contributed by atoms with E-state index in [9.17, 15) is 14.0 Å². The zero-order valence-electron chi connectivity index (χ0n) is 13.9. The largest absolute Gasteiger partial charge is 0.356 e. The van der Waals surface area contributed by atoms with Crippen LogP contribution in [0.25, 0.3) is 0 Å². The van der Waals surface area contributed by atoms with Crippen LogP contribution in [0.15, 0.2) is 24.3 Å². The molecule has 1 aromatic carbocycles. The Morgan fingerprint density at radius 1 is 1.00 bits per heavy atom. The summed E-state index contributed by atoms with van der Waals surface area (Å²) in [5.41, 5.74) is 0.974. The van der Waals surface area contributed by atoms with E-state index in [1.165, 1.54) is 31.4 Å². The summed E-state index contributed by atoms with van der Waals surface area (Å²) < 4.78 is 12.8. The van der Waals surface area contributed by atoms with Gasteiger partial charge in [-0.2, -0.15) is 0 Å². The second-order valence-electron chi connectivity index (χ2n) is 6.21. The van der Waals surface area contributed by atoms with Crippen LogP contribution < -0.4 is 16.0 Å². The Kier molecular flexibility index (Phi) is 7.52. The quantitative estimate of drug-likeness (QED) is 0.716. The SMILES string of the molecule is O=C(CCNC(=O)NC1CCCCC1)NCCc1ccc(F)cc1. The topological polar surface area (TPSA) is 70.2 Å². The first-order chi connectivity index (χ1) is 11.6. The van der Waals surface area contributed by atoms with Crippen molar-refractivity contribution in [2.45, 2.75) is 51.0 Å². The van der Waals surface area contributed by atoms with Gasteiger partial charge in [0.25, 0.3) is 0 Å². The van der Waals surface area contributed by atoms with E-state index in [1.807, 2.05) is 0 Å². The molecular weight excluding hydrogens is 309 g/mol. The lowest BCUT2D eigenvalue weighted by molar-refractivity contribution is -0.120. The highest BCUT2D eigenvalue weighted by Gasteiger charge is 2.15. The fraction of sp³-hybridized carbons (Fsp3) is 0.556. The molecule has 5 nitrogen and oxygen atoms in total. The summed E-state index contributed by atoms with van der Waals surface area (Å²) in [4.78, 5) is 23.5. The monoisotopic (exact) mass is 335 g/mol. The molecule has 1 fully saturated rings. The Hall–Kier alpha value is -2.11. The molecule has 0 bridgehead atoms. The molecule has 0 heterocycles. The number of nitrogens with one attached hydrogen (secondary N) is 3. The molecule has 132 valence electrons. The van der Waals surface area contributed by atoms with Gasteiger partial charge in [-0.15, -0.1) is 0 Å². The first-order valence-electron chi connectivity index (χ1n) is 8.69. The van der Waals surface area contributed by atoms with Crippen LogP contribution in [0.3, 0.4) is 0 Å². The van der Waals surface area contributed by atoms with Gasteiger partial charge < -0.3 is 16.0 Å². The molecule has 3 amide bonds. The van der Waals surface area contributed by atoms with Gasteiger partial charge in [-0.1, -0.05) is 31.4 Å². The van der Waals surface area contributed by atoms with Crippen molar-refractivity contribution < 1.29 is 14.0 Å². The highest BCUT2D eigenvalue weighted by Crippen LogP contribution is 2.17. The molecule has 0 atom stereocenters. The molecule has 0 saturated heterocycles. The number of carbonyl (C=O) groups is 2. The van der Waals surface area contributed by atoms with E-state index in [2.05, 4.69) is 16.0 Å². The fourth-order valence-corrected chi connectivity index (χ4v) is 2.86. The van der Waals surface area contributed by atoms with Gasteiger partial charge in [-0.25, -0.2) is 9.18 Å². The summed E-state index contributed by atoms with van der Waals surface area (Å²) >= 11 is 0. The van der Waals surface area contributed by atoms with Crippen LogP contribution >= 0.6 is 0 Å². The van der Waals surface area contributed by atoms with Crippen molar-refractivity contribution in [1.29, 1.82) is 0 Å². The number of carbonyl (C=O) groups excluding carboxylic acids is 2. The predicted molar refractivity (Wildman–Crippen MR) is 91.1 cm³/mol. The molecule has 1 aliphatic carbocycles. The predicted octanol–water partition coefficient (Wildman–Crippen LogP) is 2.51. The first kappa shape index (κ1) is 18.2. The van der Waals surface area contributed by atoms with E-state index in [0.29, 0.717) is 19.5 Å². The number of hydrogen-bond acceptors (Lipinski definition) is 2. The third-order valence-electron chi connectivity index (χ3n) is 4.23. The molecule has 1 aliphatic rings. The van der Waals surface area contributed by atoms with E-state index in [0.717, 1.165) is 18.4 Å². The summed E-state index contributed by atoms with van der Waals surface area (Å²) in [6, 6.07) is 6.30. The van der Waals surface area contributed by atoms with Gasteiger partial charge in [0.05, 0.1) is 0 Å². The Bertz CT molecular complexity index is 528. The van der Waals surface area contributed by atoms with Gasteiger partial charge in [0.2, 0.25) is 5.91 Å². The van der Waals surface area contributed by atoms with Crippen LogP contribution in [0.2, 0.25) is 0 Å². The van der Waals surface area contributed by atoms with Crippen LogP contribution in [-0.2, 0) is 11.2 Å². The minimum atomic E-state index is -0.264. The van der Waals surface area contributed by atoms with Crippen molar-refractivity contribution in [3.63, 3.8) is 0 Å². The average molecular weight is 335 g/mol. The molecule has 0 unspecified atom stereocenters. The van der Waals surface area contributed by atoms with Crippen molar-refractivity contribution in [3.05, 3.63) is 35.6 Å². The molecule has 2 rings (SSSR count). The lowest BCUT2D eigenvalue weighted by Crippen LogP contribution is -2.43. The molecule has 0 spiro atoms. The third-order valence-corrected chi connectivity index (χ3v) is 4.23. The zero-order valence-corrected chi connectivity index (χ0v) is 13.9. The second kappa shape index (κ2) is 9.90. The van der Waals surface area contributed by atoms with E-state index >= 15 is 0 Å². The van der Waals surface area contributed by atoms with Gasteiger partial charge in [0.15, 0.2) is 0 Å². The maximum Gasteiger partial charge on any atom is 0.315 e. The minimum Gasteiger partial charge on any atom is -0.356 e. The average Bonchev–Trinajstić information content (AvgIpc) is 2.57. The van der Waals surface area contributed by atoms with E-state index in [-0.39, 0.29) is 30.2 Å². The Morgan fingerprint density at radius 2 is 1.71 bits per heavy atom. The fourth-order valence-electron chi connectivity index (χ4n) is 2.86. The van der Waals surface area contributed by atoms with Gasteiger partial charge in [0, 0.05) is 25.6 Å². The van der Waals surface area contributed by atoms with Gasteiger partial charge in [-0.05, 0) is 37.0 Å². The molecule has 3 N–H and O–H groups in total. The maximum atomic E-state index is 12.8. The van der Waals surface area contributed by atoms with Gasteiger partial charge in [0.1, 0.15) is 5.82 Å². The molecule has 0 radical (unpaired) electrons.